The zero-order valence-corrected chi connectivity index (χ0v) is 10.0. The predicted molar refractivity (Wildman–Crippen MR) is 61.5 cm³/mol. The Morgan fingerprint density at radius 2 is 2.25 bits per heavy atom. The first-order valence-electron chi connectivity index (χ1n) is 4.69. The summed E-state index contributed by atoms with van der Waals surface area (Å²) in [6.07, 6.45) is 0. The number of amides is 2. The number of carbonyl (C=O) groups excluding carboxylic acids is 2. The van der Waals surface area contributed by atoms with Crippen LogP contribution < -0.4 is 11.1 Å². The number of nitrogens with two attached hydrogens (primary N) is 1. The van der Waals surface area contributed by atoms with Crippen LogP contribution >= 0.6 is 11.3 Å². The van der Waals surface area contributed by atoms with Crippen molar-refractivity contribution in [3.05, 3.63) is 16.1 Å². The Balaban J connectivity index is 2.50. The summed E-state index contributed by atoms with van der Waals surface area (Å²) < 4.78 is 0. The molecule has 0 saturated carbocycles. The van der Waals surface area contributed by atoms with E-state index in [2.05, 4.69) is 10.3 Å². The van der Waals surface area contributed by atoms with E-state index < -0.39 is 5.91 Å². The number of rotatable bonds is 5. The van der Waals surface area contributed by atoms with E-state index in [4.69, 9.17) is 5.73 Å². The first-order chi connectivity index (χ1) is 7.50. The fourth-order valence-corrected chi connectivity index (χ4v) is 1.63. The van der Waals surface area contributed by atoms with Gasteiger partial charge in [-0.25, -0.2) is 4.98 Å². The zero-order valence-electron chi connectivity index (χ0n) is 9.19. The molecule has 1 aromatic rings. The minimum absolute atomic E-state index is 0.151. The van der Waals surface area contributed by atoms with Crippen molar-refractivity contribution in [3.63, 3.8) is 0 Å². The molecule has 1 rings (SSSR count). The molecule has 2 amide bonds. The third-order valence-corrected chi connectivity index (χ3v) is 2.65. The molecule has 6 nitrogen and oxygen atoms in total. The number of nitrogens with one attached hydrogen (secondary N) is 1. The van der Waals surface area contributed by atoms with E-state index in [-0.39, 0.29) is 16.6 Å². The van der Waals surface area contributed by atoms with Gasteiger partial charge in [-0.05, 0) is 14.1 Å². The lowest BCUT2D eigenvalue weighted by atomic mass is 10.4. The first-order valence-corrected chi connectivity index (χ1v) is 5.57. The molecule has 16 heavy (non-hydrogen) atoms. The second kappa shape index (κ2) is 5.57. The van der Waals surface area contributed by atoms with Crippen LogP contribution in [0.2, 0.25) is 0 Å². The molecule has 1 aromatic heterocycles. The maximum Gasteiger partial charge on any atom is 0.277 e. The van der Waals surface area contributed by atoms with Crippen LogP contribution in [-0.2, 0) is 0 Å². The van der Waals surface area contributed by atoms with Gasteiger partial charge < -0.3 is 16.0 Å². The number of likely N-dealkylation sites (N-methyl/N-ethyl adjacent to an activating group) is 1. The van der Waals surface area contributed by atoms with Gasteiger partial charge in [0.05, 0.1) is 0 Å². The number of nitrogens with zero attached hydrogens (tertiary/aromatic N) is 2. The molecule has 88 valence electrons. The Morgan fingerprint density at radius 1 is 1.56 bits per heavy atom. The van der Waals surface area contributed by atoms with Crippen molar-refractivity contribution in [2.45, 2.75) is 0 Å². The molecule has 0 fully saturated rings. The number of carbonyl (C=O) groups is 2. The van der Waals surface area contributed by atoms with E-state index in [1.807, 2.05) is 19.0 Å². The maximum absolute atomic E-state index is 11.5. The Bertz CT molecular complexity index is 389. The van der Waals surface area contributed by atoms with Crippen LogP contribution in [-0.4, -0.2) is 48.9 Å². The van der Waals surface area contributed by atoms with Gasteiger partial charge in [0, 0.05) is 18.5 Å². The number of hydrogen-bond acceptors (Lipinski definition) is 5. The number of thiazole rings is 1. The second-order valence-corrected chi connectivity index (χ2v) is 4.32. The number of aromatic nitrogens is 1. The molecule has 0 unspecified atom stereocenters. The predicted octanol–water partition coefficient (Wildman–Crippen LogP) is -0.467. The monoisotopic (exact) mass is 242 g/mol. The van der Waals surface area contributed by atoms with Crippen LogP contribution in [0.3, 0.4) is 0 Å². The van der Waals surface area contributed by atoms with Crippen molar-refractivity contribution >= 4 is 23.2 Å². The molecule has 0 aliphatic carbocycles. The highest BCUT2D eigenvalue weighted by Crippen LogP contribution is 2.08. The highest BCUT2D eigenvalue weighted by molar-refractivity contribution is 7.11. The fraction of sp³-hybridized carbons (Fsp3) is 0.444. The van der Waals surface area contributed by atoms with Crippen LogP contribution in [0.15, 0.2) is 5.38 Å². The Kier molecular flexibility index (Phi) is 4.39. The lowest BCUT2D eigenvalue weighted by Crippen LogP contribution is -2.31. The van der Waals surface area contributed by atoms with Crippen LogP contribution in [0.25, 0.3) is 0 Å². The summed E-state index contributed by atoms with van der Waals surface area (Å²) in [6, 6.07) is 0. The van der Waals surface area contributed by atoms with Crippen molar-refractivity contribution in [3.8, 4) is 0 Å². The van der Waals surface area contributed by atoms with Gasteiger partial charge in [-0.15, -0.1) is 11.3 Å². The Hall–Kier alpha value is -1.47. The highest BCUT2D eigenvalue weighted by atomic mass is 32.1. The van der Waals surface area contributed by atoms with E-state index in [1.54, 1.807) is 0 Å². The number of hydrogen-bond donors (Lipinski definition) is 2. The minimum Gasteiger partial charge on any atom is -0.364 e. The van der Waals surface area contributed by atoms with Crippen LogP contribution in [0.1, 0.15) is 20.3 Å². The van der Waals surface area contributed by atoms with Crippen molar-refractivity contribution in [1.82, 2.24) is 15.2 Å². The SMILES string of the molecule is CN(C)CCNC(=O)c1csc(C(N)=O)n1. The first kappa shape index (κ1) is 12.6. The average molecular weight is 242 g/mol. The molecule has 0 saturated heterocycles. The molecular formula is C9H14N4O2S. The van der Waals surface area contributed by atoms with E-state index in [1.165, 1.54) is 5.38 Å². The van der Waals surface area contributed by atoms with Crippen molar-refractivity contribution in [2.24, 2.45) is 5.73 Å². The highest BCUT2D eigenvalue weighted by Gasteiger charge is 2.12. The summed E-state index contributed by atoms with van der Waals surface area (Å²) in [5, 5.41) is 4.36. The molecule has 0 spiro atoms. The van der Waals surface area contributed by atoms with Gasteiger partial charge in [0.15, 0.2) is 5.01 Å². The van der Waals surface area contributed by atoms with Crippen molar-refractivity contribution < 1.29 is 9.59 Å². The van der Waals surface area contributed by atoms with Gasteiger partial charge in [-0.2, -0.15) is 0 Å². The molecule has 0 bridgehead atoms. The Labute approximate surface area is 97.5 Å². The van der Waals surface area contributed by atoms with Gasteiger partial charge >= 0.3 is 0 Å². The van der Waals surface area contributed by atoms with E-state index in [0.29, 0.717) is 6.54 Å². The van der Waals surface area contributed by atoms with E-state index in [0.717, 1.165) is 17.9 Å². The Morgan fingerprint density at radius 3 is 2.75 bits per heavy atom. The molecular weight excluding hydrogens is 228 g/mol. The van der Waals surface area contributed by atoms with Crippen molar-refractivity contribution in [2.75, 3.05) is 27.2 Å². The van der Waals surface area contributed by atoms with Crippen LogP contribution in [0, 0.1) is 0 Å². The second-order valence-electron chi connectivity index (χ2n) is 3.46. The molecule has 0 aliphatic heterocycles. The summed E-state index contributed by atoms with van der Waals surface area (Å²) in [7, 11) is 3.83. The van der Waals surface area contributed by atoms with Gasteiger partial charge in [0.25, 0.3) is 11.8 Å². The summed E-state index contributed by atoms with van der Waals surface area (Å²) in [6.45, 7) is 1.29. The normalized spacial score (nSPS) is 10.4. The lowest BCUT2D eigenvalue weighted by molar-refractivity contribution is 0.0946. The van der Waals surface area contributed by atoms with Gasteiger partial charge in [-0.1, -0.05) is 0 Å². The fourth-order valence-electron chi connectivity index (χ4n) is 0.975. The largest absolute Gasteiger partial charge is 0.364 e. The third kappa shape index (κ3) is 3.59. The number of primary amides is 1. The van der Waals surface area contributed by atoms with E-state index in [9.17, 15) is 9.59 Å². The molecule has 0 aromatic carbocycles. The standard InChI is InChI=1S/C9H14N4O2S/c1-13(2)4-3-11-8(15)6-5-16-9(12-6)7(10)14/h5H,3-4H2,1-2H3,(H2,10,14)(H,11,15). The zero-order chi connectivity index (χ0) is 12.1. The quantitative estimate of drug-likeness (QED) is 0.731. The third-order valence-electron chi connectivity index (χ3n) is 1.79. The molecule has 1 heterocycles. The summed E-state index contributed by atoms with van der Waals surface area (Å²) in [4.78, 5) is 28.1. The van der Waals surface area contributed by atoms with Gasteiger partial charge in [-0.3, -0.25) is 9.59 Å². The van der Waals surface area contributed by atoms with Crippen LogP contribution in [0.4, 0.5) is 0 Å². The maximum atomic E-state index is 11.5. The van der Waals surface area contributed by atoms with Crippen LogP contribution in [0.5, 0.6) is 0 Å². The summed E-state index contributed by atoms with van der Waals surface area (Å²) >= 11 is 1.07. The molecule has 0 atom stereocenters. The average Bonchev–Trinajstić information content (AvgIpc) is 2.65. The van der Waals surface area contributed by atoms with E-state index >= 15 is 0 Å². The smallest absolute Gasteiger partial charge is 0.277 e. The molecule has 0 aliphatic rings. The van der Waals surface area contributed by atoms with Gasteiger partial charge in [0.1, 0.15) is 5.69 Å². The summed E-state index contributed by atoms with van der Waals surface area (Å²) in [5.41, 5.74) is 5.27. The molecule has 7 heteroatoms. The van der Waals surface area contributed by atoms with Gasteiger partial charge in [0.2, 0.25) is 0 Å². The molecule has 3 N–H and O–H groups in total. The minimum atomic E-state index is -0.614. The topological polar surface area (TPSA) is 88.3 Å². The molecule has 0 radical (unpaired) electrons. The lowest BCUT2D eigenvalue weighted by Gasteiger charge is -2.09. The summed E-state index contributed by atoms with van der Waals surface area (Å²) in [5.74, 6) is -0.900. The van der Waals surface area contributed by atoms with Crippen molar-refractivity contribution in [1.29, 1.82) is 0 Å².